The maximum absolute atomic E-state index is 10.6. The second-order valence-corrected chi connectivity index (χ2v) is 3.55. The van der Waals surface area contributed by atoms with Crippen molar-refractivity contribution in [3.05, 3.63) is 33.9 Å². The van der Waals surface area contributed by atoms with Gasteiger partial charge in [0.05, 0.1) is 0 Å². The van der Waals surface area contributed by atoms with E-state index < -0.39 is 26.2 Å². The van der Waals surface area contributed by atoms with E-state index in [4.69, 9.17) is 9.30 Å². The molecule has 14 heavy (non-hydrogen) atoms. The van der Waals surface area contributed by atoms with Gasteiger partial charge in [-0.15, -0.1) is 0 Å². The number of aromatic carboxylic acids is 1. The van der Waals surface area contributed by atoms with Crippen molar-refractivity contribution in [1.82, 2.24) is 0 Å². The van der Waals surface area contributed by atoms with E-state index in [1.807, 2.05) is 0 Å². The molecule has 0 aliphatic heterocycles. The number of rotatable bonds is 3. The predicted octanol–water partition coefficient (Wildman–Crippen LogP) is -0.470. The molecule has 0 aliphatic carbocycles. The van der Waals surface area contributed by atoms with Gasteiger partial charge in [0.15, 0.2) is 0 Å². The molecule has 0 bridgehead atoms. The molecule has 0 saturated heterocycles. The zero-order chi connectivity index (χ0) is 10.7. The Kier molecular flexibility index (Phi) is 3.18. The zero-order valence-corrected chi connectivity index (χ0v) is 8.42. The van der Waals surface area contributed by atoms with Crippen molar-refractivity contribution in [2.24, 2.45) is 0 Å². The van der Waals surface area contributed by atoms with Crippen LogP contribution in [-0.2, 0) is 0 Å². The molecule has 6 nitrogen and oxygen atoms in total. The van der Waals surface area contributed by atoms with Gasteiger partial charge in [0.25, 0.3) is 0 Å². The standard InChI is InChI=1S/C7H5NO5Se/c9-7(10)4-2-1-3-5(8(11)12)6(4)14-13/h1-3,13H,(H,9,10). The summed E-state index contributed by atoms with van der Waals surface area (Å²) in [6.45, 7) is 0. The first-order valence-electron chi connectivity index (χ1n) is 3.40. The average Bonchev–Trinajstić information content (AvgIpc) is 2.16. The number of carbonyl (C=O) groups is 1. The Morgan fingerprint density at radius 1 is 1.50 bits per heavy atom. The molecule has 0 saturated carbocycles. The Balaban J connectivity index is 3.39. The van der Waals surface area contributed by atoms with Crippen LogP contribution in [0.15, 0.2) is 18.2 Å². The molecule has 0 amide bonds. The number of nitro groups is 1. The van der Waals surface area contributed by atoms with Gasteiger partial charge in [-0.1, -0.05) is 0 Å². The van der Waals surface area contributed by atoms with Gasteiger partial charge in [-0.2, -0.15) is 0 Å². The molecule has 0 unspecified atom stereocenters. The molecule has 0 fully saturated rings. The normalized spacial score (nSPS) is 9.79. The zero-order valence-electron chi connectivity index (χ0n) is 6.71. The van der Waals surface area contributed by atoms with Gasteiger partial charge < -0.3 is 0 Å². The third-order valence-electron chi connectivity index (χ3n) is 1.51. The number of carboxylic acids is 1. The Labute approximate surface area is 84.8 Å². The van der Waals surface area contributed by atoms with Crippen molar-refractivity contribution in [2.45, 2.75) is 0 Å². The van der Waals surface area contributed by atoms with Crippen molar-refractivity contribution in [2.75, 3.05) is 0 Å². The van der Waals surface area contributed by atoms with Crippen LogP contribution in [0.3, 0.4) is 0 Å². The van der Waals surface area contributed by atoms with Crippen LogP contribution >= 0.6 is 0 Å². The Morgan fingerprint density at radius 3 is 2.57 bits per heavy atom. The molecule has 0 aliphatic rings. The monoisotopic (exact) mass is 263 g/mol. The molecule has 1 aromatic rings. The molecule has 7 heteroatoms. The molecule has 0 radical (unpaired) electrons. The molecule has 0 aromatic heterocycles. The number of hydrogen-bond donors (Lipinski definition) is 2. The Morgan fingerprint density at radius 2 is 2.14 bits per heavy atom. The van der Waals surface area contributed by atoms with E-state index >= 15 is 0 Å². The summed E-state index contributed by atoms with van der Waals surface area (Å²) in [6.07, 6.45) is 0. The third kappa shape index (κ3) is 1.90. The van der Waals surface area contributed by atoms with Crippen LogP contribution in [0.25, 0.3) is 0 Å². The van der Waals surface area contributed by atoms with Crippen LogP contribution in [0.1, 0.15) is 10.4 Å². The van der Waals surface area contributed by atoms with Crippen molar-refractivity contribution in [3.63, 3.8) is 0 Å². The first-order valence-corrected chi connectivity index (χ1v) is 5.02. The average molecular weight is 262 g/mol. The molecular weight excluding hydrogens is 257 g/mol. The van der Waals surface area contributed by atoms with Gasteiger partial charge in [0.2, 0.25) is 0 Å². The Hall–Kier alpha value is -1.43. The first kappa shape index (κ1) is 10.6. The number of nitro benzene ring substituents is 1. The van der Waals surface area contributed by atoms with Crippen molar-refractivity contribution in [1.29, 1.82) is 0 Å². The summed E-state index contributed by atoms with van der Waals surface area (Å²) in [6, 6.07) is 3.67. The van der Waals surface area contributed by atoms with Gasteiger partial charge in [0, 0.05) is 0 Å². The molecule has 0 heterocycles. The van der Waals surface area contributed by atoms with E-state index in [2.05, 4.69) is 0 Å². The molecule has 1 aromatic carbocycles. The number of benzene rings is 1. The molecule has 0 atom stereocenters. The van der Waals surface area contributed by atoms with E-state index in [1.54, 1.807) is 0 Å². The summed E-state index contributed by atoms with van der Waals surface area (Å²) in [7, 11) is 0. The van der Waals surface area contributed by atoms with E-state index in [0.717, 1.165) is 0 Å². The summed E-state index contributed by atoms with van der Waals surface area (Å²) in [4.78, 5) is 20.4. The predicted molar refractivity (Wildman–Crippen MR) is 47.7 cm³/mol. The maximum atomic E-state index is 10.6. The Bertz CT molecular complexity index is 359. The second kappa shape index (κ2) is 4.19. The van der Waals surface area contributed by atoms with E-state index in [0.29, 0.717) is 0 Å². The second-order valence-electron chi connectivity index (χ2n) is 2.31. The molecule has 1 rings (SSSR count). The summed E-state index contributed by atoms with van der Waals surface area (Å²) in [5, 5.41) is 19.1. The van der Waals surface area contributed by atoms with Crippen LogP contribution in [0.5, 0.6) is 0 Å². The molecule has 74 valence electrons. The van der Waals surface area contributed by atoms with Gasteiger partial charge in [-0.05, 0) is 0 Å². The van der Waals surface area contributed by atoms with E-state index in [1.165, 1.54) is 18.2 Å². The van der Waals surface area contributed by atoms with Crippen molar-refractivity contribution < 1.29 is 19.0 Å². The molecule has 0 spiro atoms. The van der Waals surface area contributed by atoms with E-state index in [-0.39, 0.29) is 15.7 Å². The van der Waals surface area contributed by atoms with Crippen LogP contribution in [-0.4, -0.2) is 35.5 Å². The third-order valence-corrected chi connectivity index (χ3v) is 2.80. The molecular formula is C7H5NO5Se. The fraction of sp³-hybridized carbons (Fsp3) is 0. The van der Waals surface area contributed by atoms with Gasteiger partial charge in [-0.3, -0.25) is 0 Å². The fourth-order valence-corrected chi connectivity index (χ4v) is 1.96. The minimum atomic E-state index is -1.28. The van der Waals surface area contributed by atoms with Crippen molar-refractivity contribution >= 4 is 31.4 Å². The van der Waals surface area contributed by atoms with Crippen LogP contribution in [0.2, 0.25) is 0 Å². The van der Waals surface area contributed by atoms with Gasteiger partial charge in [-0.25, -0.2) is 0 Å². The fourth-order valence-electron chi connectivity index (χ4n) is 0.933. The summed E-state index contributed by atoms with van der Waals surface area (Å²) < 4.78 is 8.78. The summed E-state index contributed by atoms with van der Waals surface area (Å²) in [5.41, 5.74) is -0.575. The van der Waals surface area contributed by atoms with Crippen molar-refractivity contribution in [3.8, 4) is 0 Å². The van der Waals surface area contributed by atoms with E-state index in [9.17, 15) is 14.9 Å². The number of carboxylic acid groups (broad SMARTS) is 1. The SMILES string of the molecule is O=C(O)c1cccc([N+](=O)[O-])c1[Se]O. The first-order chi connectivity index (χ1) is 6.57. The number of hydrogen-bond acceptors (Lipinski definition) is 4. The van der Waals surface area contributed by atoms with Crippen LogP contribution in [0, 0.1) is 10.1 Å². The van der Waals surface area contributed by atoms with Gasteiger partial charge in [0.1, 0.15) is 0 Å². The topological polar surface area (TPSA) is 101 Å². The van der Waals surface area contributed by atoms with Gasteiger partial charge >= 0.3 is 84.3 Å². The minimum absolute atomic E-state index is 0.113. The number of nitrogens with zero attached hydrogens (tertiary/aromatic N) is 1. The van der Waals surface area contributed by atoms with Crippen LogP contribution < -0.4 is 4.46 Å². The summed E-state index contributed by atoms with van der Waals surface area (Å²) >= 11 is -1.21. The summed E-state index contributed by atoms with van der Waals surface area (Å²) in [5.74, 6) is -1.28. The van der Waals surface area contributed by atoms with Crippen LogP contribution in [0.4, 0.5) is 5.69 Å². The quantitative estimate of drug-likeness (QED) is 0.435. The molecule has 2 N–H and O–H groups in total.